The quantitative estimate of drug-likeness (QED) is 0.757. The third-order valence-corrected chi connectivity index (χ3v) is 2.35. The van der Waals surface area contributed by atoms with E-state index in [0.29, 0.717) is 30.0 Å². The molecule has 1 rings (SSSR count). The van der Waals surface area contributed by atoms with Crippen molar-refractivity contribution in [1.29, 1.82) is 0 Å². The minimum atomic E-state index is -4.71. The fourth-order valence-corrected chi connectivity index (χ4v) is 1.48. The Labute approximate surface area is 102 Å². The molecule has 0 N–H and O–H groups in total. The molecular formula is C11H12ClF3O2. The number of benzene rings is 1. The SMILES string of the molecule is COc1ccc(CCCCl)c(OC(F)(F)F)c1. The van der Waals surface area contributed by atoms with Gasteiger partial charge in [-0.05, 0) is 24.5 Å². The van der Waals surface area contributed by atoms with E-state index in [4.69, 9.17) is 16.3 Å². The van der Waals surface area contributed by atoms with E-state index in [2.05, 4.69) is 4.74 Å². The van der Waals surface area contributed by atoms with Crippen LogP contribution in [-0.4, -0.2) is 19.4 Å². The lowest BCUT2D eigenvalue weighted by Crippen LogP contribution is -2.18. The van der Waals surface area contributed by atoms with Crippen molar-refractivity contribution in [2.45, 2.75) is 19.2 Å². The highest BCUT2D eigenvalue weighted by Crippen LogP contribution is 2.30. The summed E-state index contributed by atoms with van der Waals surface area (Å²) in [6, 6.07) is 4.36. The molecule has 1 aromatic rings. The van der Waals surface area contributed by atoms with Gasteiger partial charge in [0.15, 0.2) is 0 Å². The van der Waals surface area contributed by atoms with Crippen LogP contribution in [0.3, 0.4) is 0 Å². The second-order valence-electron chi connectivity index (χ2n) is 3.31. The molecule has 0 heterocycles. The summed E-state index contributed by atoms with van der Waals surface area (Å²) in [5, 5.41) is 0. The van der Waals surface area contributed by atoms with Gasteiger partial charge in [-0.15, -0.1) is 24.8 Å². The van der Waals surface area contributed by atoms with Crippen molar-refractivity contribution in [2.75, 3.05) is 13.0 Å². The Bertz CT molecular complexity index is 366. The van der Waals surface area contributed by atoms with Gasteiger partial charge in [0.05, 0.1) is 7.11 Å². The predicted molar refractivity (Wildman–Crippen MR) is 58.7 cm³/mol. The van der Waals surface area contributed by atoms with E-state index < -0.39 is 6.36 Å². The van der Waals surface area contributed by atoms with E-state index in [1.807, 2.05) is 0 Å². The maximum absolute atomic E-state index is 12.2. The van der Waals surface area contributed by atoms with Crippen LogP contribution in [0.2, 0.25) is 0 Å². The van der Waals surface area contributed by atoms with Crippen molar-refractivity contribution in [3.05, 3.63) is 23.8 Å². The summed E-state index contributed by atoms with van der Waals surface area (Å²) in [5.41, 5.74) is 0.462. The molecular weight excluding hydrogens is 257 g/mol. The fourth-order valence-electron chi connectivity index (χ4n) is 1.35. The number of ether oxygens (including phenoxy) is 2. The summed E-state index contributed by atoms with van der Waals surface area (Å²) < 4.78 is 45.4. The van der Waals surface area contributed by atoms with Crippen LogP contribution in [0.15, 0.2) is 18.2 Å². The Morgan fingerprint density at radius 1 is 1.29 bits per heavy atom. The lowest BCUT2D eigenvalue weighted by molar-refractivity contribution is -0.274. The van der Waals surface area contributed by atoms with Crippen LogP contribution in [0.5, 0.6) is 11.5 Å². The molecule has 0 aliphatic rings. The molecule has 0 aromatic heterocycles. The molecule has 0 saturated carbocycles. The lowest BCUT2D eigenvalue weighted by Gasteiger charge is -2.14. The summed E-state index contributed by atoms with van der Waals surface area (Å²) in [6.45, 7) is 0. The van der Waals surface area contributed by atoms with Crippen molar-refractivity contribution in [3.8, 4) is 11.5 Å². The fraction of sp³-hybridized carbons (Fsp3) is 0.455. The third kappa shape index (κ3) is 4.73. The third-order valence-electron chi connectivity index (χ3n) is 2.08. The summed E-state index contributed by atoms with van der Waals surface area (Å²) >= 11 is 5.51. The molecule has 0 unspecified atom stereocenters. The first-order valence-corrected chi connectivity index (χ1v) is 5.48. The molecule has 2 nitrogen and oxygen atoms in total. The first-order valence-electron chi connectivity index (χ1n) is 4.95. The number of hydrogen-bond acceptors (Lipinski definition) is 2. The highest BCUT2D eigenvalue weighted by Gasteiger charge is 2.32. The molecule has 0 saturated heterocycles. The van der Waals surface area contributed by atoms with E-state index in [0.717, 1.165) is 0 Å². The summed E-state index contributed by atoms with van der Waals surface area (Å²) in [7, 11) is 1.38. The van der Waals surface area contributed by atoms with Gasteiger partial charge in [0, 0.05) is 11.9 Å². The number of methoxy groups -OCH3 is 1. The molecule has 0 aliphatic carbocycles. The molecule has 0 atom stereocenters. The van der Waals surface area contributed by atoms with E-state index >= 15 is 0 Å². The van der Waals surface area contributed by atoms with Crippen LogP contribution in [-0.2, 0) is 6.42 Å². The van der Waals surface area contributed by atoms with E-state index in [1.165, 1.54) is 13.2 Å². The van der Waals surface area contributed by atoms with Crippen molar-refractivity contribution >= 4 is 11.6 Å². The highest BCUT2D eigenvalue weighted by molar-refractivity contribution is 6.17. The Hall–Kier alpha value is -1.10. The van der Waals surface area contributed by atoms with E-state index in [-0.39, 0.29) is 5.75 Å². The predicted octanol–water partition coefficient (Wildman–Crippen LogP) is 3.77. The molecule has 96 valence electrons. The molecule has 0 aliphatic heterocycles. The van der Waals surface area contributed by atoms with Gasteiger partial charge < -0.3 is 9.47 Å². The Morgan fingerprint density at radius 2 is 2.00 bits per heavy atom. The molecule has 17 heavy (non-hydrogen) atoms. The average molecular weight is 269 g/mol. The zero-order chi connectivity index (χ0) is 12.9. The van der Waals surface area contributed by atoms with Crippen molar-refractivity contribution in [2.24, 2.45) is 0 Å². The average Bonchev–Trinajstić information content (AvgIpc) is 2.25. The molecule has 0 bridgehead atoms. The maximum atomic E-state index is 12.2. The van der Waals surface area contributed by atoms with Crippen molar-refractivity contribution in [1.82, 2.24) is 0 Å². The van der Waals surface area contributed by atoms with Crippen LogP contribution >= 0.6 is 11.6 Å². The highest BCUT2D eigenvalue weighted by atomic mass is 35.5. The van der Waals surface area contributed by atoms with Gasteiger partial charge in [0.1, 0.15) is 11.5 Å². The first-order chi connectivity index (χ1) is 7.96. The Morgan fingerprint density at radius 3 is 2.53 bits per heavy atom. The zero-order valence-corrected chi connectivity index (χ0v) is 9.94. The van der Waals surface area contributed by atoms with Gasteiger partial charge in [0.2, 0.25) is 0 Å². The zero-order valence-electron chi connectivity index (χ0n) is 9.18. The van der Waals surface area contributed by atoms with E-state index in [1.54, 1.807) is 12.1 Å². The van der Waals surface area contributed by atoms with Gasteiger partial charge in [-0.2, -0.15) is 0 Å². The van der Waals surface area contributed by atoms with Crippen LogP contribution in [0.4, 0.5) is 13.2 Å². The standard InChI is InChI=1S/C11H12ClF3O2/c1-16-9-5-4-8(3-2-6-12)10(7-9)17-11(13,14)15/h4-5,7H,2-3,6H2,1H3. The van der Waals surface area contributed by atoms with Gasteiger partial charge in [0.25, 0.3) is 0 Å². The van der Waals surface area contributed by atoms with Crippen LogP contribution < -0.4 is 9.47 Å². The lowest BCUT2D eigenvalue weighted by atomic mass is 10.1. The Kier molecular flexibility index (Phi) is 4.93. The number of alkyl halides is 4. The normalized spacial score (nSPS) is 11.4. The van der Waals surface area contributed by atoms with Gasteiger partial charge >= 0.3 is 6.36 Å². The molecule has 0 amide bonds. The molecule has 0 radical (unpaired) electrons. The number of halogens is 4. The van der Waals surface area contributed by atoms with Gasteiger partial charge in [-0.1, -0.05) is 6.07 Å². The molecule has 6 heteroatoms. The monoisotopic (exact) mass is 268 g/mol. The van der Waals surface area contributed by atoms with Gasteiger partial charge in [-0.3, -0.25) is 0 Å². The van der Waals surface area contributed by atoms with Crippen LogP contribution in [0, 0.1) is 0 Å². The van der Waals surface area contributed by atoms with Gasteiger partial charge in [-0.25, -0.2) is 0 Å². The minimum Gasteiger partial charge on any atom is -0.497 e. The number of aryl methyl sites for hydroxylation is 1. The molecule has 1 aromatic carbocycles. The summed E-state index contributed by atoms with van der Waals surface area (Å²) in [5.74, 6) is 0.471. The van der Waals surface area contributed by atoms with Crippen LogP contribution in [0.25, 0.3) is 0 Å². The topological polar surface area (TPSA) is 18.5 Å². The smallest absolute Gasteiger partial charge is 0.497 e. The molecule has 0 fully saturated rings. The largest absolute Gasteiger partial charge is 0.573 e. The Balaban J connectivity index is 2.94. The summed E-state index contributed by atoms with van der Waals surface area (Å²) in [4.78, 5) is 0. The number of hydrogen-bond donors (Lipinski definition) is 0. The second-order valence-corrected chi connectivity index (χ2v) is 3.69. The summed E-state index contributed by atoms with van der Waals surface area (Å²) in [6.07, 6.45) is -3.69. The van der Waals surface area contributed by atoms with Crippen molar-refractivity contribution in [3.63, 3.8) is 0 Å². The molecule has 0 spiro atoms. The first kappa shape index (κ1) is 14.0. The maximum Gasteiger partial charge on any atom is 0.573 e. The second kappa shape index (κ2) is 6.00. The minimum absolute atomic E-state index is 0.234. The van der Waals surface area contributed by atoms with Crippen LogP contribution in [0.1, 0.15) is 12.0 Å². The number of rotatable bonds is 5. The van der Waals surface area contributed by atoms with Crippen molar-refractivity contribution < 1.29 is 22.6 Å². The van der Waals surface area contributed by atoms with E-state index in [9.17, 15) is 13.2 Å².